The summed E-state index contributed by atoms with van der Waals surface area (Å²) in [7, 11) is 1.80. The van der Waals surface area contributed by atoms with Gasteiger partial charge in [0.1, 0.15) is 5.75 Å². The standard InChI is InChI=1S/C23H32N4O.HI/c1-24-23(25-14-4-5-19-10-12-22(28)13-11-19)26-17-20-6-8-21(9-7-20)18-27-15-2-3-16-27;/h6-13,28H,2-5,14-18H2,1H3,(H2,24,25,26);1H. The van der Waals surface area contributed by atoms with Crippen LogP contribution in [0.4, 0.5) is 0 Å². The number of benzene rings is 2. The number of likely N-dealkylation sites (tertiary alicyclic amines) is 1. The highest BCUT2D eigenvalue weighted by molar-refractivity contribution is 14.0. The molecule has 1 aliphatic heterocycles. The first kappa shape index (κ1) is 23.5. The highest BCUT2D eigenvalue weighted by atomic mass is 127. The van der Waals surface area contributed by atoms with Gasteiger partial charge in [0, 0.05) is 26.7 Å². The van der Waals surface area contributed by atoms with Gasteiger partial charge in [0.2, 0.25) is 0 Å². The van der Waals surface area contributed by atoms with Crippen molar-refractivity contribution in [3.8, 4) is 5.75 Å². The minimum absolute atomic E-state index is 0. The summed E-state index contributed by atoms with van der Waals surface area (Å²) in [4.78, 5) is 6.82. The largest absolute Gasteiger partial charge is 0.508 e. The Morgan fingerprint density at radius 1 is 0.931 bits per heavy atom. The third-order valence-corrected chi connectivity index (χ3v) is 5.18. The molecule has 0 saturated carbocycles. The van der Waals surface area contributed by atoms with Crippen LogP contribution >= 0.6 is 24.0 Å². The van der Waals surface area contributed by atoms with Crippen molar-refractivity contribution in [1.29, 1.82) is 0 Å². The molecule has 0 amide bonds. The fraction of sp³-hybridized carbons (Fsp3) is 0.435. The third-order valence-electron chi connectivity index (χ3n) is 5.18. The van der Waals surface area contributed by atoms with E-state index in [0.29, 0.717) is 5.75 Å². The van der Waals surface area contributed by atoms with E-state index < -0.39 is 0 Å². The van der Waals surface area contributed by atoms with Gasteiger partial charge in [-0.2, -0.15) is 0 Å². The van der Waals surface area contributed by atoms with Crippen molar-refractivity contribution in [1.82, 2.24) is 15.5 Å². The van der Waals surface area contributed by atoms with E-state index in [2.05, 4.69) is 44.8 Å². The molecule has 3 N–H and O–H groups in total. The molecular formula is C23H33IN4O. The second kappa shape index (κ2) is 12.7. The van der Waals surface area contributed by atoms with E-state index >= 15 is 0 Å². The fourth-order valence-corrected chi connectivity index (χ4v) is 3.53. The number of halogens is 1. The minimum atomic E-state index is 0. The van der Waals surface area contributed by atoms with Crippen molar-refractivity contribution >= 4 is 29.9 Å². The zero-order valence-corrected chi connectivity index (χ0v) is 19.6. The average Bonchev–Trinajstić information content (AvgIpc) is 3.23. The Morgan fingerprint density at radius 2 is 1.55 bits per heavy atom. The van der Waals surface area contributed by atoms with Crippen molar-refractivity contribution < 1.29 is 5.11 Å². The number of nitrogens with zero attached hydrogens (tertiary/aromatic N) is 2. The number of nitrogens with one attached hydrogen (secondary N) is 2. The van der Waals surface area contributed by atoms with Crippen LogP contribution in [0, 0.1) is 0 Å². The van der Waals surface area contributed by atoms with Gasteiger partial charge >= 0.3 is 0 Å². The SMILES string of the molecule is CN=C(NCCCc1ccc(O)cc1)NCc1ccc(CN2CCCC2)cc1.I. The molecule has 5 nitrogen and oxygen atoms in total. The van der Waals surface area contributed by atoms with Gasteiger partial charge in [0.25, 0.3) is 0 Å². The summed E-state index contributed by atoms with van der Waals surface area (Å²) in [6.45, 7) is 5.16. The van der Waals surface area contributed by atoms with Crippen LogP contribution in [-0.2, 0) is 19.5 Å². The van der Waals surface area contributed by atoms with Gasteiger partial charge in [-0.05, 0) is 67.6 Å². The quantitative estimate of drug-likeness (QED) is 0.219. The molecule has 2 aromatic rings. The first-order chi connectivity index (χ1) is 13.7. The second-order valence-corrected chi connectivity index (χ2v) is 7.42. The summed E-state index contributed by atoms with van der Waals surface area (Å²) in [5.74, 6) is 1.14. The van der Waals surface area contributed by atoms with E-state index in [1.807, 2.05) is 12.1 Å². The number of aryl methyl sites for hydroxylation is 1. The van der Waals surface area contributed by atoms with Crippen molar-refractivity contribution in [2.45, 2.75) is 38.8 Å². The molecule has 1 saturated heterocycles. The van der Waals surface area contributed by atoms with Crippen LogP contribution in [0.15, 0.2) is 53.5 Å². The second-order valence-electron chi connectivity index (χ2n) is 7.42. The van der Waals surface area contributed by atoms with E-state index in [0.717, 1.165) is 38.4 Å². The topological polar surface area (TPSA) is 59.9 Å². The van der Waals surface area contributed by atoms with Crippen LogP contribution < -0.4 is 10.6 Å². The maximum absolute atomic E-state index is 9.33. The lowest BCUT2D eigenvalue weighted by Gasteiger charge is -2.15. The average molecular weight is 508 g/mol. The number of hydrogen-bond donors (Lipinski definition) is 3. The number of guanidine groups is 1. The monoisotopic (exact) mass is 508 g/mol. The van der Waals surface area contributed by atoms with E-state index in [4.69, 9.17) is 0 Å². The number of phenolic OH excluding ortho intramolecular Hbond substituents is 1. The number of aliphatic imine (C=N–C) groups is 1. The fourth-order valence-electron chi connectivity index (χ4n) is 3.53. The van der Waals surface area contributed by atoms with Gasteiger partial charge in [-0.1, -0.05) is 36.4 Å². The smallest absolute Gasteiger partial charge is 0.191 e. The molecule has 0 aromatic heterocycles. The number of aromatic hydroxyl groups is 1. The van der Waals surface area contributed by atoms with Gasteiger partial charge in [0.15, 0.2) is 5.96 Å². The molecule has 6 heteroatoms. The highest BCUT2D eigenvalue weighted by Gasteiger charge is 2.11. The van der Waals surface area contributed by atoms with E-state index in [1.165, 1.54) is 42.6 Å². The van der Waals surface area contributed by atoms with Gasteiger partial charge in [0.05, 0.1) is 0 Å². The minimum Gasteiger partial charge on any atom is -0.508 e. The summed E-state index contributed by atoms with van der Waals surface area (Å²) >= 11 is 0. The first-order valence-electron chi connectivity index (χ1n) is 10.3. The van der Waals surface area contributed by atoms with Gasteiger partial charge in [-0.25, -0.2) is 0 Å². The van der Waals surface area contributed by atoms with E-state index in [9.17, 15) is 5.11 Å². The Bertz CT molecular complexity index is 740. The molecule has 0 radical (unpaired) electrons. The van der Waals surface area contributed by atoms with Crippen LogP contribution in [0.2, 0.25) is 0 Å². The van der Waals surface area contributed by atoms with Crippen LogP contribution in [0.25, 0.3) is 0 Å². The molecule has 158 valence electrons. The van der Waals surface area contributed by atoms with Crippen molar-refractivity contribution in [2.24, 2.45) is 4.99 Å². The molecule has 1 heterocycles. The van der Waals surface area contributed by atoms with Crippen LogP contribution in [0.3, 0.4) is 0 Å². The normalized spacial score (nSPS) is 14.4. The Morgan fingerprint density at radius 3 is 2.21 bits per heavy atom. The Balaban J connectivity index is 0.00000300. The highest BCUT2D eigenvalue weighted by Crippen LogP contribution is 2.13. The number of hydrogen-bond acceptors (Lipinski definition) is 3. The molecule has 0 aliphatic carbocycles. The third kappa shape index (κ3) is 8.22. The molecule has 3 rings (SSSR count). The van der Waals surface area contributed by atoms with Gasteiger partial charge < -0.3 is 15.7 Å². The maximum Gasteiger partial charge on any atom is 0.191 e. The number of phenols is 1. The Labute approximate surface area is 191 Å². The maximum atomic E-state index is 9.33. The van der Waals surface area contributed by atoms with Crippen molar-refractivity contribution in [3.63, 3.8) is 0 Å². The lowest BCUT2D eigenvalue weighted by molar-refractivity contribution is 0.331. The molecular weight excluding hydrogens is 475 g/mol. The van der Waals surface area contributed by atoms with Crippen LogP contribution in [-0.4, -0.2) is 42.6 Å². The van der Waals surface area contributed by atoms with Crippen LogP contribution in [0.1, 0.15) is 36.0 Å². The number of rotatable bonds is 8. The molecule has 0 spiro atoms. The van der Waals surface area contributed by atoms with Crippen molar-refractivity contribution in [2.75, 3.05) is 26.7 Å². The lowest BCUT2D eigenvalue weighted by atomic mass is 10.1. The summed E-state index contributed by atoms with van der Waals surface area (Å²) in [6.07, 6.45) is 4.66. The molecule has 0 atom stereocenters. The molecule has 2 aromatic carbocycles. The molecule has 0 bridgehead atoms. The molecule has 1 fully saturated rings. The predicted octanol–water partition coefficient (Wildman–Crippen LogP) is 3.90. The Hall–Kier alpha value is -1.80. The zero-order valence-electron chi connectivity index (χ0n) is 17.2. The zero-order chi connectivity index (χ0) is 19.6. The van der Waals surface area contributed by atoms with E-state index in [1.54, 1.807) is 19.2 Å². The van der Waals surface area contributed by atoms with Crippen molar-refractivity contribution in [3.05, 3.63) is 65.2 Å². The van der Waals surface area contributed by atoms with Crippen LogP contribution in [0.5, 0.6) is 5.75 Å². The predicted molar refractivity (Wildman–Crippen MR) is 131 cm³/mol. The molecule has 1 aliphatic rings. The summed E-state index contributed by atoms with van der Waals surface area (Å²) < 4.78 is 0. The molecule has 29 heavy (non-hydrogen) atoms. The Kier molecular flexibility index (Phi) is 10.3. The lowest BCUT2D eigenvalue weighted by Crippen LogP contribution is -2.37. The van der Waals surface area contributed by atoms with E-state index in [-0.39, 0.29) is 24.0 Å². The summed E-state index contributed by atoms with van der Waals surface area (Å²) in [6, 6.07) is 16.3. The summed E-state index contributed by atoms with van der Waals surface area (Å²) in [5.41, 5.74) is 3.89. The van der Waals surface area contributed by atoms with Gasteiger partial charge in [-0.3, -0.25) is 9.89 Å². The molecule has 0 unspecified atom stereocenters. The van der Waals surface area contributed by atoms with Gasteiger partial charge in [-0.15, -0.1) is 24.0 Å². The summed E-state index contributed by atoms with van der Waals surface area (Å²) in [5, 5.41) is 16.1. The first-order valence-corrected chi connectivity index (χ1v) is 10.3.